The fourth-order valence-corrected chi connectivity index (χ4v) is 3.85. The third-order valence-corrected chi connectivity index (χ3v) is 5.49. The lowest BCUT2D eigenvalue weighted by Gasteiger charge is -2.20. The van der Waals surface area contributed by atoms with Crippen LogP contribution in [0.25, 0.3) is 0 Å². The molecular formula is C18H27O10P. The summed E-state index contributed by atoms with van der Waals surface area (Å²) < 4.78 is 61.3. The second-order valence-corrected chi connectivity index (χ2v) is 8.17. The summed E-state index contributed by atoms with van der Waals surface area (Å²) in [6, 6.07) is 0. The van der Waals surface area contributed by atoms with Crippen molar-refractivity contribution < 1.29 is 46.6 Å². The van der Waals surface area contributed by atoms with E-state index in [2.05, 4.69) is 19.7 Å². The van der Waals surface area contributed by atoms with Gasteiger partial charge in [-0.1, -0.05) is 19.7 Å². The predicted octanol–water partition coefficient (Wildman–Crippen LogP) is 2.97. The SMILES string of the molecule is C=C1COC(CCOP(=O)(OCCC2OCC(=C)O2)OCCC2OCC(=C)O2)O1. The molecule has 3 fully saturated rings. The summed E-state index contributed by atoms with van der Waals surface area (Å²) in [7, 11) is -3.84. The summed E-state index contributed by atoms with van der Waals surface area (Å²) in [5.41, 5.74) is 0. The Morgan fingerprint density at radius 1 is 0.690 bits per heavy atom. The normalized spacial score (nSPS) is 28.8. The summed E-state index contributed by atoms with van der Waals surface area (Å²) in [4.78, 5) is 0. The average molecular weight is 434 g/mol. The number of hydrogen-bond acceptors (Lipinski definition) is 10. The minimum absolute atomic E-state index is 0.0513. The smallest absolute Gasteiger partial charge is 0.467 e. The lowest BCUT2D eigenvalue weighted by Crippen LogP contribution is -2.15. The zero-order valence-corrected chi connectivity index (χ0v) is 17.1. The van der Waals surface area contributed by atoms with Crippen LogP contribution in [0.5, 0.6) is 0 Å². The number of phosphoric acid groups is 1. The first kappa shape index (κ1) is 22.3. The molecule has 0 radical (unpaired) electrons. The molecule has 0 aliphatic carbocycles. The topological polar surface area (TPSA) is 100 Å². The molecule has 3 atom stereocenters. The maximum Gasteiger partial charge on any atom is 0.474 e. The molecule has 0 aromatic heterocycles. The molecule has 0 spiro atoms. The van der Waals surface area contributed by atoms with Gasteiger partial charge in [-0.3, -0.25) is 13.6 Å². The van der Waals surface area contributed by atoms with Crippen LogP contribution in [0.1, 0.15) is 19.3 Å². The molecule has 0 bridgehead atoms. The van der Waals surface area contributed by atoms with Gasteiger partial charge < -0.3 is 28.4 Å². The lowest BCUT2D eigenvalue weighted by atomic mass is 10.4. The number of phosphoric ester groups is 1. The van der Waals surface area contributed by atoms with Crippen molar-refractivity contribution >= 4 is 7.82 Å². The van der Waals surface area contributed by atoms with Crippen molar-refractivity contribution in [1.82, 2.24) is 0 Å². The molecule has 0 aromatic carbocycles. The van der Waals surface area contributed by atoms with Gasteiger partial charge >= 0.3 is 7.82 Å². The Morgan fingerprint density at radius 2 is 1.00 bits per heavy atom. The third kappa shape index (κ3) is 7.42. The van der Waals surface area contributed by atoms with Crippen molar-refractivity contribution in [3.8, 4) is 0 Å². The monoisotopic (exact) mass is 434 g/mol. The Hall–Kier alpha value is -1.39. The second-order valence-electron chi connectivity index (χ2n) is 6.50. The zero-order chi connectivity index (χ0) is 20.7. The molecule has 3 rings (SSSR count). The maximum absolute atomic E-state index is 13.0. The standard InChI is InChI=1S/C18H27O10P/c1-13-10-20-16(26-13)4-7-23-29(19,24-8-5-17-21-11-14(2)27-17)25-9-6-18-22-12-15(3)28-18/h16-18H,1-12H2. The maximum atomic E-state index is 13.0. The fraction of sp³-hybridized carbons (Fsp3) is 0.667. The van der Waals surface area contributed by atoms with E-state index in [4.69, 9.17) is 42.0 Å². The van der Waals surface area contributed by atoms with Crippen LogP contribution in [0.4, 0.5) is 0 Å². The highest BCUT2D eigenvalue weighted by Gasteiger charge is 2.31. The largest absolute Gasteiger partial charge is 0.474 e. The minimum Gasteiger partial charge on any atom is -0.467 e. The predicted molar refractivity (Wildman–Crippen MR) is 99.2 cm³/mol. The minimum atomic E-state index is -3.84. The molecule has 3 aliphatic rings. The van der Waals surface area contributed by atoms with Gasteiger partial charge in [-0.15, -0.1) is 0 Å². The van der Waals surface area contributed by atoms with Crippen molar-refractivity contribution in [3.63, 3.8) is 0 Å². The Morgan fingerprint density at radius 3 is 1.24 bits per heavy atom. The molecule has 3 aliphatic heterocycles. The van der Waals surface area contributed by atoms with Crippen LogP contribution in [-0.4, -0.2) is 58.5 Å². The first-order valence-electron chi connectivity index (χ1n) is 9.33. The summed E-state index contributed by atoms with van der Waals surface area (Å²) in [5, 5.41) is 0. The quantitative estimate of drug-likeness (QED) is 0.426. The van der Waals surface area contributed by atoms with Gasteiger partial charge in [0.1, 0.15) is 37.1 Å². The molecule has 10 nitrogen and oxygen atoms in total. The van der Waals surface area contributed by atoms with Crippen LogP contribution in [0.3, 0.4) is 0 Å². The molecule has 0 N–H and O–H groups in total. The van der Waals surface area contributed by atoms with E-state index in [1.165, 1.54) is 0 Å². The summed E-state index contributed by atoms with van der Waals surface area (Å²) >= 11 is 0. The molecule has 3 unspecified atom stereocenters. The Kier molecular flexibility index (Phi) is 8.14. The third-order valence-electron chi connectivity index (χ3n) is 3.99. The molecule has 3 heterocycles. The molecule has 29 heavy (non-hydrogen) atoms. The Balaban J connectivity index is 1.42. The Bertz CT molecular complexity index is 565. The Labute approximate surface area is 169 Å². The number of hydrogen-bond donors (Lipinski definition) is 0. The van der Waals surface area contributed by atoms with Crippen LogP contribution in [0.2, 0.25) is 0 Å². The van der Waals surface area contributed by atoms with E-state index in [0.29, 0.717) is 56.4 Å². The highest BCUT2D eigenvalue weighted by Crippen LogP contribution is 2.50. The van der Waals surface area contributed by atoms with Crippen LogP contribution >= 0.6 is 7.82 Å². The average Bonchev–Trinajstić information content (AvgIpc) is 3.38. The summed E-state index contributed by atoms with van der Waals surface area (Å²) in [5.74, 6) is 1.63. The molecule has 0 aromatic rings. The molecule has 0 saturated carbocycles. The fourth-order valence-electron chi connectivity index (χ4n) is 2.64. The van der Waals surface area contributed by atoms with Crippen LogP contribution < -0.4 is 0 Å². The van der Waals surface area contributed by atoms with Crippen molar-refractivity contribution in [2.24, 2.45) is 0 Å². The van der Waals surface area contributed by atoms with E-state index in [-0.39, 0.29) is 19.8 Å². The van der Waals surface area contributed by atoms with Crippen LogP contribution in [-0.2, 0) is 46.6 Å². The van der Waals surface area contributed by atoms with Crippen molar-refractivity contribution in [1.29, 1.82) is 0 Å². The molecule has 164 valence electrons. The molecule has 0 amide bonds. The number of ether oxygens (including phenoxy) is 6. The van der Waals surface area contributed by atoms with Crippen molar-refractivity contribution in [2.45, 2.75) is 38.1 Å². The first-order chi connectivity index (χ1) is 13.9. The second kappa shape index (κ2) is 10.6. The summed E-state index contributed by atoms with van der Waals surface area (Å²) in [6.45, 7) is 12.2. The van der Waals surface area contributed by atoms with Crippen LogP contribution in [0, 0.1) is 0 Å². The van der Waals surface area contributed by atoms with E-state index in [1.54, 1.807) is 0 Å². The van der Waals surface area contributed by atoms with Crippen molar-refractivity contribution in [3.05, 3.63) is 37.0 Å². The van der Waals surface area contributed by atoms with Crippen LogP contribution in [0.15, 0.2) is 37.0 Å². The van der Waals surface area contributed by atoms with Gasteiger partial charge in [0.25, 0.3) is 0 Å². The van der Waals surface area contributed by atoms with Gasteiger partial charge in [0.2, 0.25) is 18.9 Å². The van der Waals surface area contributed by atoms with Gasteiger partial charge in [0.05, 0.1) is 19.8 Å². The molecule has 3 saturated heterocycles. The van der Waals surface area contributed by atoms with E-state index in [9.17, 15) is 4.57 Å². The van der Waals surface area contributed by atoms with E-state index >= 15 is 0 Å². The van der Waals surface area contributed by atoms with E-state index < -0.39 is 26.7 Å². The highest BCUT2D eigenvalue weighted by atomic mass is 31.2. The molecule has 11 heteroatoms. The van der Waals surface area contributed by atoms with E-state index in [0.717, 1.165) is 0 Å². The summed E-state index contributed by atoms with van der Waals surface area (Å²) in [6.07, 6.45) is -0.437. The van der Waals surface area contributed by atoms with Gasteiger partial charge in [0, 0.05) is 19.3 Å². The van der Waals surface area contributed by atoms with Gasteiger partial charge in [-0.05, 0) is 0 Å². The zero-order valence-electron chi connectivity index (χ0n) is 16.2. The molecular weight excluding hydrogens is 407 g/mol. The van der Waals surface area contributed by atoms with Gasteiger partial charge in [-0.25, -0.2) is 4.57 Å². The van der Waals surface area contributed by atoms with Crippen molar-refractivity contribution in [2.75, 3.05) is 39.6 Å². The van der Waals surface area contributed by atoms with Gasteiger partial charge in [0.15, 0.2) is 0 Å². The van der Waals surface area contributed by atoms with E-state index in [1.807, 2.05) is 0 Å². The first-order valence-corrected chi connectivity index (χ1v) is 10.8. The highest BCUT2D eigenvalue weighted by molar-refractivity contribution is 7.48. The number of rotatable bonds is 12. The lowest BCUT2D eigenvalue weighted by molar-refractivity contribution is -0.0557. The van der Waals surface area contributed by atoms with Gasteiger partial charge in [-0.2, -0.15) is 0 Å².